The van der Waals surface area contributed by atoms with Gasteiger partial charge in [-0.25, -0.2) is 4.39 Å². The van der Waals surface area contributed by atoms with Crippen LogP contribution in [0.4, 0.5) is 4.39 Å². The molecule has 0 saturated carbocycles. The zero-order chi connectivity index (χ0) is 12.7. The minimum Gasteiger partial charge on any atom is -0.268 e. The molecule has 0 bridgehead atoms. The lowest BCUT2D eigenvalue weighted by Crippen LogP contribution is -2.19. The SMILES string of the molecule is O=c1c2c(F)ccc(Cl)c2ccn1-c1ccn[nH]1. The predicted octanol–water partition coefficient (Wildman–Crippen LogP) is 2.51. The smallest absolute Gasteiger partial charge is 0.267 e. The standard InChI is InChI=1S/C12H7ClFN3O/c13-8-1-2-9(14)11-7(8)4-6-17(12(11)18)10-3-5-15-16-10/h1-6H,(H,15,16). The van der Waals surface area contributed by atoms with Crippen molar-refractivity contribution in [3.8, 4) is 5.82 Å². The van der Waals surface area contributed by atoms with Gasteiger partial charge < -0.3 is 0 Å². The molecule has 0 aliphatic carbocycles. The molecule has 3 rings (SSSR count). The van der Waals surface area contributed by atoms with E-state index in [4.69, 9.17) is 11.6 Å². The third kappa shape index (κ3) is 1.52. The molecular formula is C12H7ClFN3O. The first-order chi connectivity index (χ1) is 8.68. The zero-order valence-corrected chi connectivity index (χ0v) is 9.78. The second kappa shape index (κ2) is 3.96. The van der Waals surface area contributed by atoms with Crippen LogP contribution in [-0.2, 0) is 0 Å². The van der Waals surface area contributed by atoms with E-state index in [0.717, 1.165) is 0 Å². The minimum absolute atomic E-state index is 0.0281. The van der Waals surface area contributed by atoms with Crippen LogP contribution in [0.1, 0.15) is 0 Å². The van der Waals surface area contributed by atoms with Crippen molar-refractivity contribution >= 4 is 22.4 Å². The van der Waals surface area contributed by atoms with Gasteiger partial charge in [-0.05, 0) is 18.2 Å². The van der Waals surface area contributed by atoms with Crippen molar-refractivity contribution in [3.05, 3.63) is 57.9 Å². The highest BCUT2D eigenvalue weighted by Crippen LogP contribution is 2.23. The molecule has 4 nitrogen and oxygen atoms in total. The molecule has 0 spiro atoms. The predicted molar refractivity (Wildman–Crippen MR) is 66.7 cm³/mol. The summed E-state index contributed by atoms with van der Waals surface area (Å²) >= 11 is 5.94. The number of H-pyrrole nitrogens is 1. The lowest BCUT2D eigenvalue weighted by molar-refractivity contribution is 0.638. The first-order valence-corrected chi connectivity index (χ1v) is 5.55. The van der Waals surface area contributed by atoms with Gasteiger partial charge in [0, 0.05) is 22.7 Å². The van der Waals surface area contributed by atoms with Gasteiger partial charge in [-0.3, -0.25) is 14.5 Å². The molecule has 0 saturated heterocycles. The van der Waals surface area contributed by atoms with Crippen LogP contribution in [-0.4, -0.2) is 14.8 Å². The van der Waals surface area contributed by atoms with Crippen LogP contribution in [0.2, 0.25) is 5.02 Å². The van der Waals surface area contributed by atoms with E-state index in [2.05, 4.69) is 10.2 Å². The monoisotopic (exact) mass is 263 g/mol. The summed E-state index contributed by atoms with van der Waals surface area (Å²) < 4.78 is 15.0. The Kier molecular flexibility index (Phi) is 2.41. The summed E-state index contributed by atoms with van der Waals surface area (Å²) in [6, 6.07) is 5.83. The molecule has 0 radical (unpaired) electrons. The Morgan fingerprint density at radius 3 is 2.83 bits per heavy atom. The van der Waals surface area contributed by atoms with Crippen molar-refractivity contribution in [1.82, 2.24) is 14.8 Å². The molecule has 0 aliphatic heterocycles. The Balaban J connectivity index is 2.44. The van der Waals surface area contributed by atoms with Crippen molar-refractivity contribution in [2.24, 2.45) is 0 Å². The molecule has 18 heavy (non-hydrogen) atoms. The highest BCUT2D eigenvalue weighted by molar-refractivity contribution is 6.35. The number of nitrogens with zero attached hydrogens (tertiary/aromatic N) is 2. The molecule has 90 valence electrons. The average Bonchev–Trinajstić information content (AvgIpc) is 2.87. The van der Waals surface area contributed by atoms with E-state index in [0.29, 0.717) is 16.2 Å². The van der Waals surface area contributed by atoms with Gasteiger partial charge in [0.2, 0.25) is 0 Å². The topological polar surface area (TPSA) is 50.7 Å². The van der Waals surface area contributed by atoms with E-state index in [9.17, 15) is 9.18 Å². The molecule has 0 unspecified atom stereocenters. The van der Waals surface area contributed by atoms with Crippen LogP contribution in [0.25, 0.3) is 16.6 Å². The number of hydrogen-bond donors (Lipinski definition) is 1. The Morgan fingerprint density at radius 1 is 1.28 bits per heavy atom. The second-order valence-electron chi connectivity index (χ2n) is 3.75. The summed E-state index contributed by atoms with van der Waals surface area (Å²) in [6.07, 6.45) is 3.05. The summed E-state index contributed by atoms with van der Waals surface area (Å²) in [5.74, 6) is -0.116. The largest absolute Gasteiger partial charge is 0.268 e. The molecule has 1 aromatic carbocycles. The summed E-state index contributed by atoms with van der Waals surface area (Å²) in [4.78, 5) is 12.2. The third-order valence-corrected chi connectivity index (χ3v) is 3.04. The highest BCUT2D eigenvalue weighted by Gasteiger charge is 2.11. The van der Waals surface area contributed by atoms with E-state index < -0.39 is 11.4 Å². The quantitative estimate of drug-likeness (QED) is 0.733. The molecule has 1 N–H and O–H groups in total. The van der Waals surface area contributed by atoms with Gasteiger partial charge in [0.05, 0.1) is 11.6 Å². The van der Waals surface area contributed by atoms with E-state index in [1.54, 1.807) is 12.1 Å². The number of hydrogen-bond acceptors (Lipinski definition) is 2. The number of pyridine rings is 1. The van der Waals surface area contributed by atoms with Crippen molar-refractivity contribution in [2.75, 3.05) is 0 Å². The summed E-state index contributed by atoms with van der Waals surface area (Å²) in [7, 11) is 0. The van der Waals surface area contributed by atoms with Gasteiger partial charge in [0.25, 0.3) is 5.56 Å². The lowest BCUT2D eigenvalue weighted by atomic mass is 10.1. The fraction of sp³-hybridized carbons (Fsp3) is 0. The number of nitrogens with one attached hydrogen (secondary N) is 1. The maximum Gasteiger partial charge on any atom is 0.267 e. The zero-order valence-electron chi connectivity index (χ0n) is 9.02. The number of rotatable bonds is 1. The van der Waals surface area contributed by atoms with Crippen LogP contribution in [0, 0.1) is 5.82 Å². The van der Waals surface area contributed by atoms with Gasteiger partial charge in [-0.2, -0.15) is 5.10 Å². The molecule has 6 heteroatoms. The van der Waals surface area contributed by atoms with E-state index >= 15 is 0 Å². The Hall–Kier alpha value is -2.14. The normalized spacial score (nSPS) is 11.0. The van der Waals surface area contributed by atoms with E-state index in [1.807, 2.05) is 0 Å². The molecule has 2 aromatic heterocycles. The first-order valence-electron chi connectivity index (χ1n) is 5.17. The van der Waals surface area contributed by atoms with Crippen LogP contribution in [0.3, 0.4) is 0 Å². The van der Waals surface area contributed by atoms with Gasteiger partial charge in [-0.1, -0.05) is 11.6 Å². The number of fused-ring (bicyclic) bond motifs is 1. The van der Waals surface area contributed by atoms with Gasteiger partial charge in [0.15, 0.2) is 0 Å². The molecule has 2 heterocycles. The van der Waals surface area contributed by atoms with Crippen molar-refractivity contribution in [1.29, 1.82) is 0 Å². The van der Waals surface area contributed by atoms with Crippen LogP contribution in [0.15, 0.2) is 41.5 Å². The Morgan fingerprint density at radius 2 is 2.11 bits per heavy atom. The second-order valence-corrected chi connectivity index (χ2v) is 4.16. The van der Waals surface area contributed by atoms with Crippen LogP contribution in [0.5, 0.6) is 0 Å². The van der Waals surface area contributed by atoms with Crippen molar-refractivity contribution in [2.45, 2.75) is 0 Å². The van der Waals surface area contributed by atoms with Gasteiger partial charge in [0.1, 0.15) is 11.6 Å². The van der Waals surface area contributed by atoms with Crippen LogP contribution < -0.4 is 5.56 Å². The lowest BCUT2D eigenvalue weighted by Gasteiger charge is -2.06. The van der Waals surface area contributed by atoms with E-state index in [-0.39, 0.29) is 5.39 Å². The third-order valence-electron chi connectivity index (χ3n) is 2.71. The summed E-state index contributed by atoms with van der Waals surface area (Å²) in [6.45, 7) is 0. The Bertz CT molecular complexity index is 780. The van der Waals surface area contributed by atoms with Crippen molar-refractivity contribution < 1.29 is 4.39 Å². The van der Waals surface area contributed by atoms with Gasteiger partial charge >= 0.3 is 0 Å². The van der Waals surface area contributed by atoms with Gasteiger partial charge in [-0.15, -0.1) is 0 Å². The molecule has 0 atom stereocenters. The Labute approximate surface area is 106 Å². The fourth-order valence-electron chi connectivity index (χ4n) is 1.86. The number of aromatic nitrogens is 3. The molecule has 0 amide bonds. The maximum absolute atomic E-state index is 13.8. The highest BCUT2D eigenvalue weighted by atomic mass is 35.5. The average molecular weight is 264 g/mol. The number of benzene rings is 1. The molecule has 0 aliphatic rings. The maximum atomic E-state index is 13.8. The summed E-state index contributed by atoms with van der Waals surface area (Å²) in [5.41, 5.74) is -0.475. The van der Waals surface area contributed by atoms with E-state index in [1.165, 1.54) is 29.1 Å². The van der Waals surface area contributed by atoms with Crippen LogP contribution >= 0.6 is 11.6 Å². The molecule has 3 aromatic rings. The fourth-order valence-corrected chi connectivity index (χ4v) is 2.08. The first kappa shape index (κ1) is 11.0. The minimum atomic E-state index is -0.590. The summed E-state index contributed by atoms with van der Waals surface area (Å²) in [5, 5.41) is 7.13. The number of aromatic amines is 1. The molecular weight excluding hydrogens is 257 g/mol. The van der Waals surface area contributed by atoms with Crippen molar-refractivity contribution in [3.63, 3.8) is 0 Å². The number of halogens is 2. The molecule has 0 fully saturated rings.